The molecule has 1 unspecified atom stereocenters. The van der Waals surface area contributed by atoms with Gasteiger partial charge in [0.2, 0.25) is 0 Å². The van der Waals surface area contributed by atoms with Crippen LogP contribution >= 0.6 is 31.9 Å². The molecule has 96 valence electrons. The molecule has 1 atom stereocenters. The maximum atomic E-state index is 5.89. The summed E-state index contributed by atoms with van der Waals surface area (Å²) in [5, 5.41) is 0.958. The van der Waals surface area contributed by atoms with Crippen LogP contribution < -0.4 is 4.74 Å². The molecule has 1 aromatic carbocycles. The lowest BCUT2D eigenvalue weighted by atomic mass is 9.83. The average molecular weight is 364 g/mol. The first kappa shape index (κ1) is 15.0. The third kappa shape index (κ3) is 4.63. The molecule has 0 heterocycles. The van der Waals surface area contributed by atoms with Crippen LogP contribution in [0.15, 0.2) is 22.7 Å². The topological polar surface area (TPSA) is 9.23 Å². The van der Waals surface area contributed by atoms with Gasteiger partial charge in [-0.1, -0.05) is 42.8 Å². The van der Waals surface area contributed by atoms with Crippen LogP contribution in [-0.2, 0) is 0 Å². The molecule has 0 radical (unpaired) electrons. The highest BCUT2D eigenvalue weighted by Crippen LogP contribution is 2.30. The highest BCUT2D eigenvalue weighted by Gasteiger charge is 2.24. The van der Waals surface area contributed by atoms with Gasteiger partial charge in [-0.15, -0.1) is 0 Å². The van der Waals surface area contributed by atoms with E-state index >= 15 is 0 Å². The summed E-state index contributed by atoms with van der Waals surface area (Å²) in [5.74, 6) is 1.42. The fourth-order valence-electron chi connectivity index (χ4n) is 1.44. The number of ether oxygens (including phenoxy) is 1. The van der Waals surface area contributed by atoms with E-state index < -0.39 is 0 Å². The van der Waals surface area contributed by atoms with Crippen molar-refractivity contribution in [2.75, 3.05) is 11.9 Å². The summed E-state index contributed by atoms with van der Waals surface area (Å²) in [6.07, 6.45) is 0. The van der Waals surface area contributed by atoms with Gasteiger partial charge in [0.15, 0.2) is 0 Å². The van der Waals surface area contributed by atoms with Crippen molar-refractivity contribution >= 4 is 31.9 Å². The normalized spacial score (nSPS) is 13.5. The van der Waals surface area contributed by atoms with Gasteiger partial charge in [-0.05, 0) is 46.0 Å². The molecule has 0 saturated heterocycles. The molecule has 0 fully saturated rings. The van der Waals surface area contributed by atoms with E-state index in [0.29, 0.717) is 5.92 Å². The van der Waals surface area contributed by atoms with Gasteiger partial charge in [0, 0.05) is 11.2 Å². The first-order valence-electron chi connectivity index (χ1n) is 5.79. The molecule has 0 aliphatic carbocycles. The maximum absolute atomic E-state index is 5.89. The van der Waals surface area contributed by atoms with E-state index in [1.807, 2.05) is 6.07 Å². The largest absolute Gasteiger partial charge is 0.492 e. The number of rotatable bonds is 4. The quantitative estimate of drug-likeness (QED) is 0.668. The molecule has 0 aliphatic rings. The summed E-state index contributed by atoms with van der Waals surface area (Å²) < 4.78 is 6.92. The molecular weight excluding hydrogens is 344 g/mol. The average Bonchev–Trinajstić information content (AvgIpc) is 2.19. The van der Waals surface area contributed by atoms with E-state index in [-0.39, 0.29) is 5.41 Å². The van der Waals surface area contributed by atoms with Crippen LogP contribution in [0, 0.1) is 18.3 Å². The van der Waals surface area contributed by atoms with Gasteiger partial charge < -0.3 is 4.74 Å². The van der Waals surface area contributed by atoms with Crippen molar-refractivity contribution in [3.05, 3.63) is 28.2 Å². The summed E-state index contributed by atoms with van der Waals surface area (Å²) in [4.78, 5) is 0. The number of hydrogen-bond donors (Lipinski definition) is 0. The highest BCUT2D eigenvalue weighted by atomic mass is 79.9. The molecule has 1 nitrogen and oxygen atoms in total. The third-order valence-electron chi connectivity index (χ3n) is 2.94. The summed E-state index contributed by atoms with van der Waals surface area (Å²) in [6, 6.07) is 6.17. The Kier molecular flexibility index (Phi) is 5.52. The molecule has 0 aliphatic heterocycles. The first-order chi connectivity index (χ1) is 7.84. The number of halogens is 2. The SMILES string of the molecule is Cc1ccc(OCC(CBr)C(C)(C)C)c(Br)c1. The van der Waals surface area contributed by atoms with Crippen molar-refractivity contribution in [3.63, 3.8) is 0 Å². The van der Waals surface area contributed by atoms with Gasteiger partial charge in [-0.3, -0.25) is 0 Å². The molecule has 1 aromatic rings. The van der Waals surface area contributed by atoms with E-state index in [0.717, 1.165) is 22.2 Å². The zero-order valence-corrected chi connectivity index (χ0v) is 14.1. The van der Waals surface area contributed by atoms with Gasteiger partial charge in [0.05, 0.1) is 11.1 Å². The molecular formula is C14H20Br2O. The van der Waals surface area contributed by atoms with E-state index in [1.165, 1.54) is 5.56 Å². The van der Waals surface area contributed by atoms with Gasteiger partial charge >= 0.3 is 0 Å². The van der Waals surface area contributed by atoms with E-state index in [2.05, 4.69) is 71.7 Å². The van der Waals surface area contributed by atoms with Gasteiger partial charge in [-0.2, -0.15) is 0 Å². The van der Waals surface area contributed by atoms with Crippen molar-refractivity contribution < 1.29 is 4.74 Å². The maximum Gasteiger partial charge on any atom is 0.133 e. The summed E-state index contributed by atoms with van der Waals surface area (Å²) in [6.45, 7) is 9.53. The lowest BCUT2D eigenvalue weighted by Crippen LogP contribution is -2.27. The standard InChI is InChI=1S/C14H20Br2O/c1-10-5-6-13(12(16)7-10)17-9-11(8-15)14(2,3)4/h5-7,11H,8-9H2,1-4H3. The summed E-state index contributed by atoms with van der Waals surface area (Å²) >= 11 is 7.10. The van der Waals surface area contributed by atoms with Crippen LogP contribution in [0.1, 0.15) is 26.3 Å². The molecule has 17 heavy (non-hydrogen) atoms. The first-order valence-corrected chi connectivity index (χ1v) is 7.71. The Balaban J connectivity index is 2.66. The van der Waals surface area contributed by atoms with Crippen LogP contribution in [0.3, 0.4) is 0 Å². The summed E-state index contributed by atoms with van der Waals surface area (Å²) in [7, 11) is 0. The van der Waals surface area contributed by atoms with Crippen molar-refractivity contribution in [2.24, 2.45) is 11.3 Å². The predicted molar refractivity (Wildman–Crippen MR) is 81.1 cm³/mol. The predicted octanol–water partition coefficient (Wildman–Crippen LogP) is 5.19. The molecule has 3 heteroatoms. The summed E-state index contributed by atoms with van der Waals surface area (Å²) in [5.41, 5.74) is 1.48. The third-order valence-corrected chi connectivity index (χ3v) is 4.34. The van der Waals surface area contributed by atoms with Gasteiger partial charge in [-0.25, -0.2) is 0 Å². The smallest absolute Gasteiger partial charge is 0.133 e. The van der Waals surface area contributed by atoms with E-state index in [1.54, 1.807) is 0 Å². The second kappa shape index (κ2) is 6.24. The van der Waals surface area contributed by atoms with Crippen LogP contribution in [0.2, 0.25) is 0 Å². The van der Waals surface area contributed by atoms with Crippen LogP contribution in [0.5, 0.6) is 5.75 Å². The number of benzene rings is 1. The Hall–Kier alpha value is -0.0200. The molecule has 0 bridgehead atoms. The molecule has 0 amide bonds. The van der Waals surface area contributed by atoms with Crippen molar-refractivity contribution in [1.82, 2.24) is 0 Å². The Morgan fingerprint density at radius 1 is 1.29 bits per heavy atom. The van der Waals surface area contributed by atoms with Crippen LogP contribution in [0.4, 0.5) is 0 Å². The van der Waals surface area contributed by atoms with Crippen LogP contribution in [0.25, 0.3) is 0 Å². The highest BCUT2D eigenvalue weighted by molar-refractivity contribution is 9.10. The minimum Gasteiger partial charge on any atom is -0.492 e. The van der Waals surface area contributed by atoms with Gasteiger partial charge in [0.1, 0.15) is 5.75 Å². The molecule has 0 aromatic heterocycles. The molecule has 1 rings (SSSR count). The molecule has 0 spiro atoms. The Morgan fingerprint density at radius 3 is 2.41 bits per heavy atom. The Bertz CT molecular complexity index is 369. The Morgan fingerprint density at radius 2 is 1.94 bits per heavy atom. The lowest BCUT2D eigenvalue weighted by molar-refractivity contribution is 0.165. The monoisotopic (exact) mass is 362 g/mol. The zero-order chi connectivity index (χ0) is 13.1. The van der Waals surface area contributed by atoms with Crippen molar-refractivity contribution in [2.45, 2.75) is 27.7 Å². The molecule has 0 saturated carbocycles. The molecule has 0 N–H and O–H groups in total. The second-order valence-corrected chi connectivity index (χ2v) is 6.96. The fourth-order valence-corrected chi connectivity index (χ4v) is 3.21. The van der Waals surface area contributed by atoms with Crippen LogP contribution in [-0.4, -0.2) is 11.9 Å². The number of aryl methyl sites for hydroxylation is 1. The second-order valence-electron chi connectivity index (χ2n) is 5.46. The Labute approximate surface area is 121 Å². The van der Waals surface area contributed by atoms with Gasteiger partial charge in [0.25, 0.3) is 0 Å². The van der Waals surface area contributed by atoms with E-state index in [4.69, 9.17) is 4.74 Å². The van der Waals surface area contributed by atoms with Crippen molar-refractivity contribution in [3.8, 4) is 5.75 Å². The fraction of sp³-hybridized carbons (Fsp3) is 0.571. The minimum absolute atomic E-state index is 0.251. The number of hydrogen-bond acceptors (Lipinski definition) is 1. The lowest BCUT2D eigenvalue weighted by Gasteiger charge is -2.29. The number of alkyl halides is 1. The minimum atomic E-state index is 0.251. The van der Waals surface area contributed by atoms with E-state index in [9.17, 15) is 0 Å². The van der Waals surface area contributed by atoms with Crippen molar-refractivity contribution in [1.29, 1.82) is 0 Å². The zero-order valence-electron chi connectivity index (χ0n) is 10.9.